The van der Waals surface area contributed by atoms with Crippen molar-refractivity contribution in [2.75, 3.05) is 31.6 Å². The summed E-state index contributed by atoms with van der Waals surface area (Å²) in [4.78, 5) is 43.3. The van der Waals surface area contributed by atoms with Crippen LogP contribution in [0.15, 0.2) is 36.4 Å². The average Bonchev–Trinajstić information content (AvgIpc) is 3.63. The molecule has 2 heterocycles. The van der Waals surface area contributed by atoms with Crippen LogP contribution in [0, 0.1) is 11.7 Å². The Labute approximate surface area is 201 Å². The summed E-state index contributed by atoms with van der Waals surface area (Å²) >= 11 is 5.85. The Balaban J connectivity index is 1.29. The number of aromatic nitrogens is 1. The molecule has 2 aliphatic rings. The molecule has 1 aliphatic carbocycles. The average molecular weight is 489 g/mol. The van der Waals surface area contributed by atoms with Gasteiger partial charge >= 0.3 is 5.97 Å². The number of benzene rings is 1. The first-order valence-corrected chi connectivity index (χ1v) is 11.6. The second kappa shape index (κ2) is 9.97. The quantitative estimate of drug-likeness (QED) is 0.459. The second-order valence-corrected chi connectivity index (χ2v) is 9.04. The molecule has 2 aromatic rings. The van der Waals surface area contributed by atoms with E-state index in [1.807, 2.05) is 4.90 Å². The number of amides is 2. The number of nitrogens with zero attached hydrogens (tertiary/aromatic N) is 2. The number of anilines is 1. The van der Waals surface area contributed by atoms with Crippen LogP contribution in [0.3, 0.4) is 0 Å². The molecule has 2 N–H and O–H groups in total. The number of ether oxygens (including phenoxy) is 1. The van der Waals surface area contributed by atoms with E-state index in [-0.39, 0.29) is 28.2 Å². The van der Waals surface area contributed by atoms with E-state index in [1.165, 1.54) is 13.2 Å². The molecule has 2 fully saturated rings. The van der Waals surface area contributed by atoms with Crippen molar-refractivity contribution in [1.82, 2.24) is 15.6 Å². The predicted octanol–water partition coefficient (Wildman–Crippen LogP) is 2.96. The van der Waals surface area contributed by atoms with Crippen molar-refractivity contribution in [2.45, 2.75) is 31.2 Å². The summed E-state index contributed by atoms with van der Waals surface area (Å²) < 4.78 is 19.0. The zero-order valence-corrected chi connectivity index (χ0v) is 19.5. The third-order valence-corrected chi connectivity index (χ3v) is 6.58. The summed E-state index contributed by atoms with van der Waals surface area (Å²) in [5, 5.41) is 5.98. The van der Waals surface area contributed by atoms with Crippen LogP contribution in [0.2, 0.25) is 5.15 Å². The Hall–Kier alpha value is -3.20. The van der Waals surface area contributed by atoms with Gasteiger partial charge in [0.2, 0.25) is 5.91 Å². The number of carbonyl (C=O) groups is 3. The third-order valence-electron chi connectivity index (χ3n) is 6.37. The molecule has 1 saturated heterocycles. The number of methoxy groups -OCH3 is 1. The van der Waals surface area contributed by atoms with Crippen molar-refractivity contribution in [3.8, 4) is 0 Å². The number of rotatable bonds is 7. The van der Waals surface area contributed by atoms with E-state index in [4.69, 9.17) is 16.3 Å². The van der Waals surface area contributed by atoms with E-state index in [2.05, 4.69) is 15.6 Å². The summed E-state index contributed by atoms with van der Waals surface area (Å²) in [7, 11) is 1.23. The fourth-order valence-corrected chi connectivity index (χ4v) is 4.38. The molecular weight excluding hydrogens is 463 g/mol. The second-order valence-electron chi connectivity index (χ2n) is 8.65. The van der Waals surface area contributed by atoms with Crippen LogP contribution in [0.1, 0.15) is 46.5 Å². The van der Waals surface area contributed by atoms with Gasteiger partial charge in [0, 0.05) is 19.6 Å². The fourth-order valence-electron chi connectivity index (χ4n) is 4.21. The molecule has 2 amide bonds. The van der Waals surface area contributed by atoms with E-state index < -0.39 is 23.2 Å². The fraction of sp³-hybridized carbons (Fsp3) is 0.417. The maximum atomic E-state index is 14.2. The number of piperidine rings is 1. The van der Waals surface area contributed by atoms with Crippen LogP contribution < -0.4 is 15.5 Å². The zero-order valence-electron chi connectivity index (χ0n) is 18.8. The molecule has 1 aromatic heterocycles. The highest BCUT2D eigenvalue weighted by Crippen LogP contribution is 2.36. The summed E-state index contributed by atoms with van der Waals surface area (Å²) in [6.07, 6.45) is 2.67. The maximum Gasteiger partial charge on any atom is 0.342 e. The van der Waals surface area contributed by atoms with Gasteiger partial charge in [-0.1, -0.05) is 23.7 Å². The highest BCUT2D eigenvalue weighted by Gasteiger charge is 2.51. The molecular formula is C24H26ClFN4O4. The summed E-state index contributed by atoms with van der Waals surface area (Å²) in [6, 6.07) is 9.29. The first kappa shape index (κ1) is 23.9. The number of carbonyl (C=O) groups excluding carboxylic acids is 3. The van der Waals surface area contributed by atoms with Crippen LogP contribution in [0.5, 0.6) is 0 Å². The molecule has 0 unspecified atom stereocenters. The van der Waals surface area contributed by atoms with Crippen molar-refractivity contribution in [1.29, 1.82) is 0 Å². The van der Waals surface area contributed by atoms with E-state index in [9.17, 15) is 18.8 Å². The van der Waals surface area contributed by atoms with Crippen LogP contribution in [0.4, 0.5) is 10.1 Å². The summed E-state index contributed by atoms with van der Waals surface area (Å²) in [5.41, 5.74) is -0.276. The Bertz CT molecular complexity index is 1100. The number of pyridine rings is 1. The van der Waals surface area contributed by atoms with Gasteiger partial charge in [0.25, 0.3) is 5.91 Å². The number of halogens is 2. The molecule has 8 nitrogen and oxygen atoms in total. The smallest absolute Gasteiger partial charge is 0.342 e. The normalized spacial score (nSPS) is 17.1. The maximum absolute atomic E-state index is 14.2. The molecule has 1 saturated carbocycles. The van der Waals surface area contributed by atoms with Gasteiger partial charge in [-0.05, 0) is 55.9 Å². The van der Waals surface area contributed by atoms with Gasteiger partial charge in [0.1, 0.15) is 27.8 Å². The highest BCUT2D eigenvalue weighted by molar-refractivity contribution is 6.29. The lowest BCUT2D eigenvalue weighted by molar-refractivity contribution is -0.124. The van der Waals surface area contributed by atoms with Gasteiger partial charge in [0.05, 0.1) is 12.8 Å². The molecule has 0 radical (unpaired) electrons. The van der Waals surface area contributed by atoms with Crippen molar-refractivity contribution < 1.29 is 23.5 Å². The van der Waals surface area contributed by atoms with Crippen molar-refractivity contribution in [2.24, 2.45) is 5.92 Å². The van der Waals surface area contributed by atoms with Crippen LogP contribution >= 0.6 is 11.6 Å². The minimum absolute atomic E-state index is 0.0580. The topological polar surface area (TPSA) is 101 Å². The summed E-state index contributed by atoms with van der Waals surface area (Å²) in [5.74, 6) is -1.71. The summed E-state index contributed by atoms with van der Waals surface area (Å²) in [6.45, 7) is 1.72. The van der Waals surface area contributed by atoms with Crippen LogP contribution in [-0.2, 0) is 9.53 Å². The van der Waals surface area contributed by atoms with Gasteiger partial charge in [-0.3, -0.25) is 9.59 Å². The first-order chi connectivity index (χ1) is 16.3. The predicted molar refractivity (Wildman–Crippen MR) is 124 cm³/mol. The molecule has 0 spiro atoms. The van der Waals surface area contributed by atoms with Gasteiger partial charge < -0.3 is 20.3 Å². The first-order valence-electron chi connectivity index (χ1n) is 11.2. The van der Waals surface area contributed by atoms with Gasteiger partial charge in [-0.25, -0.2) is 14.2 Å². The highest BCUT2D eigenvalue weighted by atomic mass is 35.5. The number of hydrogen-bond donors (Lipinski definition) is 2. The van der Waals surface area contributed by atoms with E-state index >= 15 is 0 Å². The molecule has 34 heavy (non-hydrogen) atoms. The Kier molecular flexibility index (Phi) is 7.02. The minimum atomic E-state index is -0.904. The number of esters is 1. The molecule has 0 atom stereocenters. The Morgan fingerprint density at radius 3 is 2.53 bits per heavy atom. The Morgan fingerprint density at radius 1 is 1.18 bits per heavy atom. The van der Waals surface area contributed by atoms with E-state index in [0.29, 0.717) is 38.2 Å². The van der Waals surface area contributed by atoms with E-state index in [0.717, 1.165) is 12.8 Å². The molecule has 4 rings (SSSR count). The molecule has 1 aliphatic heterocycles. The van der Waals surface area contributed by atoms with Gasteiger partial charge in [0.15, 0.2) is 0 Å². The van der Waals surface area contributed by atoms with Crippen molar-refractivity contribution in [3.05, 3.63) is 58.6 Å². The van der Waals surface area contributed by atoms with Crippen LogP contribution in [0.25, 0.3) is 0 Å². The van der Waals surface area contributed by atoms with Crippen molar-refractivity contribution in [3.63, 3.8) is 0 Å². The molecule has 180 valence electrons. The Morgan fingerprint density at radius 2 is 1.88 bits per heavy atom. The zero-order chi connectivity index (χ0) is 24.3. The third kappa shape index (κ3) is 5.14. The monoisotopic (exact) mass is 488 g/mol. The molecule has 1 aromatic carbocycles. The number of hydrogen-bond acceptors (Lipinski definition) is 6. The van der Waals surface area contributed by atoms with Gasteiger partial charge in [-0.2, -0.15) is 0 Å². The lowest BCUT2D eigenvalue weighted by Crippen LogP contribution is -2.50. The standard InChI is InChI=1S/C24H26ClFN4O4/c1-34-22(32)20-16(26)4-2-6-18(20)30-12-8-15(9-13-30)14-27-23(33)24(10-11-24)29-21(31)17-5-3-7-19(25)28-17/h2-7,15H,8-14H2,1H3,(H,27,33)(H,29,31). The van der Waals surface area contributed by atoms with Crippen LogP contribution in [-0.4, -0.2) is 55.1 Å². The molecule has 0 bridgehead atoms. The van der Waals surface area contributed by atoms with Gasteiger partial charge in [-0.15, -0.1) is 0 Å². The van der Waals surface area contributed by atoms with E-state index in [1.54, 1.807) is 30.3 Å². The van der Waals surface area contributed by atoms with Crippen molar-refractivity contribution >= 4 is 35.1 Å². The largest absolute Gasteiger partial charge is 0.465 e. The minimum Gasteiger partial charge on any atom is -0.465 e. The SMILES string of the molecule is COC(=O)c1c(F)cccc1N1CCC(CNC(=O)C2(NC(=O)c3cccc(Cl)n3)CC2)CC1. The lowest BCUT2D eigenvalue weighted by Gasteiger charge is -2.34. The lowest BCUT2D eigenvalue weighted by atomic mass is 9.95. The number of nitrogens with one attached hydrogen (secondary N) is 2. The molecule has 10 heteroatoms.